The number of rotatable bonds is 3. The Bertz CT molecular complexity index is 940. The number of carbonyl (C=O) groups is 1. The van der Waals surface area contributed by atoms with Gasteiger partial charge in [-0.15, -0.1) is 0 Å². The van der Waals surface area contributed by atoms with Gasteiger partial charge >= 0.3 is 6.09 Å². The van der Waals surface area contributed by atoms with Crippen LogP contribution in [0.25, 0.3) is 0 Å². The van der Waals surface area contributed by atoms with Crippen LogP contribution in [0.4, 0.5) is 4.79 Å². The van der Waals surface area contributed by atoms with E-state index in [0.29, 0.717) is 37.9 Å². The molecule has 1 N–H and O–H groups in total. The number of benzene rings is 2. The van der Waals surface area contributed by atoms with Crippen molar-refractivity contribution in [1.82, 2.24) is 4.90 Å². The van der Waals surface area contributed by atoms with Gasteiger partial charge in [0.15, 0.2) is 6.23 Å². The standard InChI is InChI=1S/C23H23N3O3/c24-15-17-6-8-19(9-7-17)20-14-23(21(27)25-20)10-12-26(13-11-23)22(28)29-16-18-4-2-1-3-5-18/h1-9,21,27H,10-14,16H2. The van der Waals surface area contributed by atoms with Crippen molar-refractivity contribution in [2.75, 3.05) is 13.1 Å². The van der Waals surface area contributed by atoms with Gasteiger partial charge < -0.3 is 14.7 Å². The van der Waals surface area contributed by atoms with Gasteiger partial charge in [0.1, 0.15) is 6.61 Å². The number of aliphatic hydroxyl groups is 1. The molecule has 2 aromatic rings. The van der Waals surface area contributed by atoms with E-state index in [9.17, 15) is 9.90 Å². The second kappa shape index (κ2) is 8.06. The van der Waals surface area contributed by atoms with Crippen LogP contribution >= 0.6 is 0 Å². The number of amides is 1. The number of aliphatic imine (C=N–C) groups is 1. The third-order valence-electron chi connectivity index (χ3n) is 5.92. The lowest BCUT2D eigenvalue weighted by atomic mass is 9.74. The highest BCUT2D eigenvalue weighted by Gasteiger charge is 2.46. The van der Waals surface area contributed by atoms with Crippen LogP contribution in [0.5, 0.6) is 0 Å². The Balaban J connectivity index is 1.34. The Morgan fingerprint density at radius 3 is 2.52 bits per heavy atom. The van der Waals surface area contributed by atoms with Crippen LogP contribution in [0.3, 0.4) is 0 Å². The average Bonchev–Trinajstić information content (AvgIpc) is 3.09. The number of aliphatic hydroxyl groups excluding tert-OH is 1. The van der Waals surface area contributed by atoms with E-state index in [1.165, 1.54) is 0 Å². The van der Waals surface area contributed by atoms with E-state index >= 15 is 0 Å². The molecule has 1 saturated heterocycles. The predicted octanol–water partition coefficient (Wildman–Crippen LogP) is 3.49. The fraction of sp³-hybridized carbons (Fsp3) is 0.348. The molecule has 2 aliphatic rings. The Morgan fingerprint density at radius 1 is 1.17 bits per heavy atom. The van der Waals surface area contributed by atoms with Gasteiger partial charge in [0.05, 0.1) is 11.6 Å². The molecule has 4 rings (SSSR count). The Kier molecular flexibility index (Phi) is 5.32. The molecule has 0 radical (unpaired) electrons. The molecule has 6 nitrogen and oxygen atoms in total. The zero-order valence-corrected chi connectivity index (χ0v) is 16.1. The van der Waals surface area contributed by atoms with E-state index in [4.69, 9.17) is 10.00 Å². The van der Waals surface area contributed by atoms with Crippen molar-refractivity contribution in [3.8, 4) is 6.07 Å². The molecule has 1 spiro atoms. The van der Waals surface area contributed by atoms with Crippen LogP contribution in [0, 0.1) is 16.7 Å². The molecule has 29 heavy (non-hydrogen) atoms. The predicted molar refractivity (Wildman–Crippen MR) is 108 cm³/mol. The zero-order valence-electron chi connectivity index (χ0n) is 16.1. The van der Waals surface area contributed by atoms with Gasteiger partial charge in [-0.1, -0.05) is 42.5 Å². The summed E-state index contributed by atoms with van der Waals surface area (Å²) in [6.07, 6.45) is 0.947. The second-order valence-corrected chi connectivity index (χ2v) is 7.70. The molecule has 0 aromatic heterocycles. The smallest absolute Gasteiger partial charge is 0.410 e. The number of hydrogen-bond acceptors (Lipinski definition) is 5. The van der Waals surface area contributed by atoms with Crippen molar-refractivity contribution < 1.29 is 14.6 Å². The molecule has 2 aliphatic heterocycles. The van der Waals surface area contributed by atoms with E-state index in [1.54, 1.807) is 17.0 Å². The molecule has 1 fully saturated rings. The summed E-state index contributed by atoms with van der Waals surface area (Å²) in [5.74, 6) is 0. The van der Waals surface area contributed by atoms with Crippen molar-refractivity contribution in [1.29, 1.82) is 5.26 Å². The van der Waals surface area contributed by atoms with E-state index in [2.05, 4.69) is 11.1 Å². The van der Waals surface area contributed by atoms with E-state index in [1.807, 2.05) is 42.5 Å². The highest BCUT2D eigenvalue weighted by Crippen LogP contribution is 2.44. The summed E-state index contributed by atoms with van der Waals surface area (Å²) in [6.45, 7) is 1.34. The van der Waals surface area contributed by atoms with Gasteiger partial charge in [-0.2, -0.15) is 5.26 Å². The lowest BCUT2D eigenvalue weighted by Crippen LogP contribution is -2.46. The molecule has 0 saturated carbocycles. The van der Waals surface area contributed by atoms with Crippen LogP contribution in [-0.4, -0.2) is 41.1 Å². The Morgan fingerprint density at radius 2 is 1.86 bits per heavy atom. The quantitative estimate of drug-likeness (QED) is 0.871. The highest BCUT2D eigenvalue weighted by molar-refractivity contribution is 6.02. The van der Waals surface area contributed by atoms with Gasteiger partial charge in [-0.25, -0.2) is 4.79 Å². The summed E-state index contributed by atoms with van der Waals surface area (Å²) >= 11 is 0. The molecular formula is C23H23N3O3. The van der Waals surface area contributed by atoms with Crippen LogP contribution in [0.1, 0.15) is 36.0 Å². The first-order chi connectivity index (χ1) is 14.1. The van der Waals surface area contributed by atoms with Crippen LogP contribution in [0.2, 0.25) is 0 Å². The number of piperidine rings is 1. The molecule has 0 bridgehead atoms. The van der Waals surface area contributed by atoms with E-state index < -0.39 is 6.23 Å². The number of likely N-dealkylation sites (tertiary alicyclic amines) is 1. The van der Waals surface area contributed by atoms with Gasteiger partial charge in [0, 0.05) is 30.6 Å². The normalized spacial score (nSPS) is 20.2. The third kappa shape index (κ3) is 4.01. The molecule has 2 aromatic carbocycles. The topological polar surface area (TPSA) is 85.9 Å². The maximum absolute atomic E-state index is 12.4. The first-order valence-electron chi connectivity index (χ1n) is 9.81. The maximum atomic E-state index is 12.4. The molecule has 1 amide bonds. The second-order valence-electron chi connectivity index (χ2n) is 7.70. The minimum absolute atomic E-state index is 0.260. The monoisotopic (exact) mass is 389 g/mol. The van der Waals surface area contributed by atoms with E-state index in [0.717, 1.165) is 16.8 Å². The summed E-state index contributed by atoms with van der Waals surface area (Å²) in [7, 11) is 0. The molecule has 1 atom stereocenters. The Labute approximate surface area is 170 Å². The lowest BCUT2D eigenvalue weighted by molar-refractivity contribution is -0.00523. The summed E-state index contributed by atoms with van der Waals surface area (Å²) in [5, 5.41) is 19.6. The third-order valence-corrected chi connectivity index (χ3v) is 5.92. The number of nitrogens with zero attached hydrogens (tertiary/aromatic N) is 3. The fourth-order valence-electron chi connectivity index (χ4n) is 4.05. The molecule has 148 valence electrons. The molecule has 2 heterocycles. The van der Waals surface area contributed by atoms with Crippen LogP contribution in [0.15, 0.2) is 59.6 Å². The SMILES string of the molecule is N#Cc1ccc(C2=NC(O)C3(CCN(C(=O)OCc4ccccc4)CC3)C2)cc1. The maximum Gasteiger partial charge on any atom is 0.410 e. The largest absolute Gasteiger partial charge is 0.445 e. The van der Waals surface area contributed by atoms with Crippen LogP contribution < -0.4 is 0 Å². The van der Waals surface area contributed by atoms with Gasteiger partial charge in [0.2, 0.25) is 0 Å². The van der Waals surface area contributed by atoms with Crippen LogP contribution in [-0.2, 0) is 11.3 Å². The van der Waals surface area contributed by atoms with Gasteiger partial charge in [-0.05, 0) is 36.1 Å². The van der Waals surface area contributed by atoms with E-state index in [-0.39, 0.29) is 18.1 Å². The summed E-state index contributed by atoms with van der Waals surface area (Å²) in [5.41, 5.74) is 3.03. The number of carbonyl (C=O) groups excluding carboxylic acids is 1. The summed E-state index contributed by atoms with van der Waals surface area (Å²) in [6, 6.07) is 19.0. The van der Waals surface area contributed by atoms with Crippen molar-refractivity contribution >= 4 is 11.8 Å². The number of nitriles is 1. The first-order valence-corrected chi connectivity index (χ1v) is 9.81. The molecular weight excluding hydrogens is 366 g/mol. The molecule has 1 unspecified atom stereocenters. The van der Waals surface area contributed by atoms with Gasteiger partial charge in [0.25, 0.3) is 0 Å². The van der Waals surface area contributed by atoms with Crippen molar-refractivity contribution in [2.45, 2.75) is 32.1 Å². The minimum atomic E-state index is -0.768. The van der Waals surface area contributed by atoms with Gasteiger partial charge in [-0.3, -0.25) is 4.99 Å². The molecule has 0 aliphatic carbocycles. The Hall–Kier alpha value is -3.17. The number of hydrogen-bond donors (Lipinski definition) is 1. The van der Waals surface area contributed by atoms with Crippen molar-refractivity contribution in [3.05, 3.63) is 71.3 Å². The zero-order chi connectivity index (χ0) is 20.3. The molecule has 6 heteroatoms. The highest BCUT2D eigenvalue weighted by atomic mass is 16.6. The number of ether oxygens (including phenoxy) is 1. The summed E-state index contributed by atoms with van der Waals surface area (Å²) in [4.78, 5) is 18.6. The first kappa shape index (κ1) is 19.2. The minimum Gasteiger partial charge on any atom is -0.445 e. The summed E-state index contributed by atoms with van der Waals surface area (Å²) < 4.78 is 5.43. The van der Waals surface area contributed by atoms with Crippen molar-refractivity contribution in [2.24, 2.45) is 10.4 Å². The van der Waals surface area contributed by atoms with Crippen molar-refractivity contribution in [3.63, 3.8) is 0 Å². The lowest BCUT2D eigenvalue weighted by Gasteiger charge is -2.40. The fourth-order valence-corrected chi connectivity index (χ4v) is 4.05. The average molecular weight is 389 g/mol.